The van der Waals surface area contributed by atoms with Gasteiger partial charge >= 0.3 is 0 Å². The third kappa shape index (κ3) is 4.67. The number of carbonyl (C=O) groups is 2. The van der Waals surface area contributed by atoms with Gasteiger partial charge in [0.05, 0.1) is 12.3 Å². The van der Waals surface area contributed by atoms with E-state index in [1.54, 1.807) is 42.5 Å². The lowest BCUT2D eigenvalue weighted by Gasteiger charge is -2.29. The zero-order chi connectivity index (χ0) is 21.7. The molecule has 1 saturated heterocycles. The first kappa shape index (κ1) is 21.5. The Hall–Kier alpha value is -3.22. The van der Waals surface area contributed by atoms with Crippen LogP contribution in [-0.2, 0) is 9.59 Å². The van der Waals surface area contributed by atoms with E-state index in [4.69, 9.17) is 27.0 Å². The number of benzene rings is 2. The van der Waals surface area contributed by atoms with Gasteiger partial charge in [-0.15, -0.1) is 0 Å². The van der Waals surface area contributed by atoms with Crippen molar-refractivity contribution in [3.05, 3.63) is 58.1 Å². The average Bonchev–Trinajstić information content (AvgIpc) is 2.72. The minimum Gasteiger partial charge on any atom is -0.490 e. The monoisotopic (exact) mass is 485 g/mol. The largest absolute Gasteiger partial charge is 0.490 e. The van der Waals surface area contributed by atoms with Gasteiger partial charge in [-0.1, -0.05) is 22.0 Å². The second-order valence-electron chi connectivity index (χ2n) is 6.02. The van der Waals surface area contributed by atoms with Gasteiger partial charge in [0.2, 0.25) is 0 Å². The second-order valence-corrected chi connectivity index (χ2v) is 7.32. The molecule has 2 aromatic carbocycles. The van der Waals surface area contributed by atoms with Crippen LogP contribution in [0.5, 0.6) is 11.5 Å². The summed E-state index contributed by atoms with van der Waals surface area (Å²) in [6.07, 6.45) is 1.46. The van der Waals surface area contributed by atoms with Gasteiger partial charge in [0.15, 0.2) is 23.2 Å². The number of nitrogens with one attached hydrogen (secondary N) is 1. The van der Waals surface area contributed by atoms with Crippen molar-refractivity contribution in [2.24, 2.45) is 0 Å². The molecule has 1 heterocycles. The van der Waals surface area contributed by atoms with Gasteiger partial charge < -0.3 is 9.47 Å². The molecule has 0 unspecified atom stereocenters. The molecule has 1 N–H and O–H groups in total. The van der Waals surface area contributed by atoms with E-state index in [1.807, 2.05) is 13.0 Å². The first-order valence-corrected chi connectivity index (χ1v) is 10.1. The van der Waals surface area contributed by atoms with Gasteiger partial charge in [0.1, 0.15) is 11.6 Å². The number of amides is 2. The summed E-state index contributed by atoms with van der Waals surface area (Å²) < 4.78 is 11.7. The number of hydrogen-bond donors (Lipinski definition) is 1. The van der Waals surface area contributed by atoms with Gasteiger partial charge in [0.25, 0.3) is 11.8 Å². The Morgan fingerprint density at radius 2 is 1.90 bits per heavy atom. The van der Waals surface area contributed by atoms with Crippen molar-refractivity contribution in [3.8, 4) is 17.6 Å². The van der Waals surface area contributed by atoms with Crippen molar-refractivity contribution in [2.75, 3.05) is 18.1 Å². The van der Waals surface area contributed by atoms with Gasteiger partial charge in [-0.2, -0.15) is 5.26 Å². The highest BCUT2D eigenvalue weighted by Crippen LogP contribution is 2.30. The molecule has 2 aromatic rings. The summed E-state index contributed by atoms with van der Waals surface area (Å²) in [6.45, 7) is 2.07. The molecule has 0 aromatic heterocycles. The molecule has 0 spiro atoms. The van der Waals surface area contributed by atoms with Gasteiger partial charge in [-0.3, -0.25) is 19.8 Å². The summed E-state index contributed by atoms with van der Waals surface area (Å²) in [5.74, 6) is -0.307. The highest BCUT2D eigenvalue weighted by molar-refractivity contribution is 9.10. The molecule has 1 aliphatic rings. The molecule has 30 heavy (non-hydrogen) atoms. The number of anilines is 1. The van der Waals surface area contributed by atoms with Crippen molar-refractivity contribution in [2.45, 2.75) is 6.92 Å². The molecular formula is C21H16BrN3O4S. The molecule has 0 saturated carbocycles. The molecule has 1 fully saturated rings. The summed E-state index contributed by atoms with van der Waals surface area (Å²) in [5, 5.41) is 11.3. The van der Waals surface area contributed by atoms with Crippen LogP contribution in [0.2, 0.25) is 0 Å². The van der Waals surface area contributed by atoms with Gasteiger partial charge in [0, 0.05) is 4.47 Å². The minimum absolute atomic E-state index is 0.0136. The Morgan fingerprint density at radius 1 is 1.17 bits per heavy atom. The van der Waals surface area contributed by atoms with Crippen LogP contribution in [0.4, 0.5) is 5.69 Å². The lowest BCUT2D eigenvalue weighted by molar-refractivity contribution is -0.122. The summed E-state index contributed by atoms with van der Waals surface area (Å²) in [7, 11) is 0. The molecule has 0 bridgehead atoms. The van der Waals surface area contributed by atoms with E-state index in [2.05, 4.69) is 21.2 Å². The minimum atomic E-state index is -0.582. The Morgan fingerprint density at radius 3 is 2.57 bits per heavy atom. The van der Waals surface area contributed by atoms with Crippen LogP contribution in [0.15, 0.2) is 52.5 Å². The Kier molecular flexibility index (Phi) is 6.82. The SMILES string of the molecule is CCOc1cc(C=C2C(=O)NC(=S)N(c3ccc(Br)cc3)C2=O)ccc1OCC#N. The third-order valence-electron chi connectivity index (χ3n) is 4.06. The number of nitrogens with zero attached hydrogens (tertiary/aromatic N) is 2. The third-order valence-corrected chi connectivity index (χ3v) is 4.87. The van der Waals surface area contributed by atoms with Crippen molar-refractivity contribution < 1.29 is 19.1 Å². The highest BCUT2D eigenvalue weighted by Gasteiger charge is 2.34. The number of hydrogen-bond acceptors (Lipinski definition) is 6. The van der Waals surface area contributed by atoms with Crippen molar-refractivity contribution >= 4 is 56.8 Å². The maximum atomic E-state index is 13.1. The maximum Gasteiger partial charge on any atom is 0.270 e. The maximum absolute atomic E-state index is 13.1. The van der Waals surface area contributed by atoms with Crippen molar-refractivity contribution in [1.29, 1.82) is 5.26 Å². The molecule has 2 amide bonds. The fraction of sp³-hybridized carbons (Fsp3) is 0.143. The van der Waals surface area contributed by atoms with Crippen LogP contribution in [0.25, 0.3) is 6.08 Å². The molecule has 9 heteroatoms. The predicted molar refractivity (Wildman–Crippen MR) is 119 cm³/mol. The van der Waals surface area contributed by atoms with Crippen LogP contribution in [-0.4, -0.2) is 30.1 Å². The molecule has 1 aliphatic heterocycles. The smallest absolute Gasteiger partial charge is 0.270 e. The van der Waals surface area contributed by atoms with Crippen molar-refractivity contribution in [3.63, 3.8) is 0 Å². The summed E-state index contributed by atoms with van der Waals surface area (Å²) in [4.78, 5) is 26.8. The van der Waals surface area contributed by atoms with Crippen LogP contribution in [0.3, 0.4) is 0 Å². The van der Waals surface area contributed by atoms with E-state index in [0.717, 1.165) is 4.47 Å². The summed E-state index contributed by atoms with van der Waals surface area (Å²) >= 11 is 8.55. The lowest BCUT2D eigenvalue weighted by atomic mass is 10.1. The van der Waals surface area contributed by atoms with E-state index in [0.29, 0.717) is 29.4 Å². The first-order valence-electron chi connectivity index (χ1n) is 8.88. The molecule has 3 rings (SSSR count). The van der Waals surface area contributed by atoms with E-state index in [9.17, 15) is 9.59 Å². The van der Waals surface area contributed by atoms with Crippen LogP contribution in [0.1, 0.15) is 12.5 Å². The van der Waals surface area contributed by atoms with E-state index < -0.39 is 11.8 Å². The normalized spacial score (nSPS) is 15.0. The van der Waals surface area contributed by atoms with Gasteiger partial charge in [-0.05, 0) is 67.2 Å². The number of thiocarbonyl (C=S) groups is 1. The number of ether oxygens (including phenoxy) is 2. The van der Waals surface area contributed by atoms with Crippen LogP contribution >= 0.6 is 28.1 Å². The molecule has 152 valence electrons. The molecule has 7 nitrogen and oxygen atoms in total. The first-order chi connectivity index (χ1) is 14.4. The second kappa shape index (κ2) is 9.52. The predicted octanol–water partition coefficient (Wildman–Crippen LogP) is 3.58. The molecular weight excluding hydrogens is 470 g/mol. The Labute approximate surface area is 187 Å². The lowest BCUT2D eigenvalue weighted by Crippen LogP contribution is -2.54. The number of nitriles is 1. The Bertz CT molecular complexity index is 1080. The topological polar surface area (TPSA) is 91.7 Å². The summed E-state index contributed by atoms with van der Waals surface area (Å²) in [5.41, 5.74) is 1.03. The molecule has 0 aliphatic carbocycles. The number of carbonyl (C=O) groups excluding carboxylic acids is 2. The molecule has 0 atom stereocenters. The fourth-order valence-corrected chi connectivity index (χ4v) is 3.31. The van der Waals surface area contributed by atoms with Gasteiger partial charge in [-0.25, -0.2) is 0 Å². The van der Waals surface area contributed by atoms with Crippen LogP contribution in [0, 0.1) is 11.3 Å². The van der Waals surface area contributed by atoms with E-state index >= 15 is 0 Å². The highest BCUT2D eigenvalue weighted by atomic mass is 79.9. The van der Waals surface area contributed by atoms with Crippen molar-refractivity contribution in [1.82, 2.24) is 5.32 Å². The average molecular weight is 486 g/mol. The zero-order valence-corrected chi connectivity index (χ0v) is 18.2. The molecule has 0 radical (unpaired) electrons. The number of rotatable bonds is 6. The van der Waals surface area contributed by atoms with E-state index in [1.165, 1.54) is 11.0 Å². The standard InChI is InChI=1S/C21H16BrN3O4S/c1-2-28-18-12-13(3-8-17(18)29-10-9-23)11-16-19(26)24-21(30)25(20(16)27)15-6-4-14(22)5-7-15/h3-8,11-12H,2,10H2,1H3,(H,24,26,30). The number of halogens is 1. The summed E-state index contributed by atoms with van der Waals surface area (Å²) in [6, 6.07) is 13.8. The van der Waals surface area contributed by atoms with Crippen LogP contribution < -0.4 is 19.7 Å². The zero-order valence-electron chi connectivity index (χ0n) is 15.8. The Balaban J connectivity index is 1.96. The fourth-order valence-electron chi connectivity index (χ4n) is 2.76. The van der Waals surface area contributed by atoms with E-state index in [-0.39, 0.29) is 17.3 Å². The quantitative estimate of drug-likeness (QED) is 0.381.